The number of nitrogens with zero attached hydrogens (tertiary/aromatic N) is 1. The topological polar surface area (TPSA) is 98.3 Å². The summed E-state index contributed by atoms with van der Waals surface area (Å²) in [6.45, 7) is 0.256. The van der Waals surface area contributed by atoms with Crippen molar-refractivity contribution in [2.24, 2.45) is 5.73 Å². The van der Waals surface area contributed by atoms with Crippen LogP contribution in [0.5, 0.6) is 0 Å². The monoisotopic (exact) mass is 209 g/mol. The van der Waals surface area contributed by atoms with Crippen LogP contribution in [0.2, 0.25) is 0 Å². The summed E-state index contributed by atoms with van der Waals surface area (Å²) in [6, 6.07) is 6.34. The zero-order valence-electron chi connectivity index (χ0n) is 7.97. The summed E-state index contributed by atoms with van der Waals surface area (Å²) in [5, 5.41) is 13.3. The molecule has 80 valence electrons. The lowest BCUT2D eigenvalue weighted by Crippen LogP contribution is -2.28. The molecular formula is C9H11N3O3. The van der Waals surface area contributed by atoms with E-state index in [9.17, 15) is 14.9 Å². The number of hydrogen-bond acceptors (Lipinski definition) is 4. The Morgan fingerprint density at radius 2 is 2.13 bits per heavy atom. The van der Waals surface area contributed by atoms with E-state index in [2.05, 4.69) is 5.32 Å². The molecule has 3 N–H and O–H groups in total. The van der Waals surface area contributed by atoms with E-state index < -0.39 is 10.8 Å². The first-order valence-electron chi connectivity index (χ1n) is 4.32. The van der Waals surface area contributed by atoms with E-state index in [4.69, 9.17) is 5.73 Å². The number of carbonyl (C=O) groups excluding carboxylic acids is 1. The molecule has 6 heteroatoms. The second-order valence-electron chi connectivity index (χ2n) is 2.96. The van der Waals surface area contributed by atoms with Gasteiger partial charge in [-0.25, -0.2) is 0 Å². The van der Waals surface area contributed by atoms with Crippen molar-refractivity contribution in [1.82, 2.24) is 5.32 Å². The lowest BCUT2D eigenvalue weighted by Gasteiger charge is -2.03. The number of nitrogens with one attached hydrogen (secondary N) is 1. The molecule has 15 heavy (non-hydrogen) atoms. The highest BCUT2D eigenvalue weighted by atomic mass is 16.6. The minimum Gasteiger partial charge on any atom is -0.369 e. The highest BCUT2D eigenvalue weighted by Crippen LogP contribution is 2.16. The van der Waals surface area contributed by atoms with E-state index in [1.54, 1.807) is 18.2 Å². The first kappa shape index (κ1) is 11.1. The minimum atomic E-state index is -0.492. The van der Waals surface area contributed by atoms with Crippen LogP contribution < -0.4 is 11.1 Å². The Morgan fingerprint density at radius 3 is 2.73 bits per heavy atom. The molecule has 1 aromatic carbocycles. The quantitative estimate of drug-likeness (QED) is 0.533. The Bertz CT molecular complexity index is 379. The molecule has 1 aromatic rings. The summed E-state index contributed by atoms with van der Waals surface area (Å²) < 4.78 is 0. The number of hydrogen-bond donors (Lipinski definition) is 2. The maximum Gasteiger partial charge on any atom is 0.273 e. The first-order chi connectivity index (χ1) is 7.11. The summed E-state index contributed by atoms with van der Waals surface area (Å²) in [7, 11) is 0. The fourth-order valence-corrected chi connectivity index (χ4v) is 1.16. The largest absolute Gasteiger partial charge is 0.369 e. The molecule has 0 spiro atoms. The molecule has 0 fully saturated rings. The van der Waals surface area contributed by atoms with E-state index >= 15 is 0 Å². The fourth-order valence-electron chi connectivity index (χ4n) is 1.16. The Balaban J connectivity index is 2.67. The van der Waals surface area contributed by atoms with Crippen molar-refractivity contribution in [3.05, 3.63) is 39.9 Å². The van der Waals surface area contributed by atoms with Gasteiger partial charge in [-0.15, -0.1) is 0 Å². The molecule has 0 saturated carbocycles. The molecule has 0 radical (unpaired) electrons. The van der Waals surface area contributed by atoms with Crippen LogP contribution in [0, 0.1) is 10.1 Å². The maximum absolute atomic E-state index is 10.6. The summed E-state index contributed by atoms with van der Waals surface area (Å²) in [5.41, 5.74) is 5.49. The molecular weight excluding hydrogens is 198 g/mol. The van der Waals surface area contributed by atoms with Crippen LogP contribution in [0.3, 0.4) is 0 Å². The zero-order valence-corrected chi connectivity index (χ0v) is 7.97. The second kappa shape index (κ2) is 5.06. The van der Waals surface area contributed by atoms with Crippen LogP contribution in [-0.2, 0) is 11.3 Å². The molecule has 1 rings (SSSR count). The van der Waals surface area contributed by atoms with Gasteiger partial charge in [0.05, 0.1) is 11.5 Å². The third kappa shape index (κ3) is 3.35. The molecule has 0 atom stereocenters. The third-order valence-corrected chi connectivity index (χ3v) is 1.80. The maximum atomic E-state index is 10.6. The number of nitro benzene ring substituents is 1. The van der Waals surface area contributed by atoms with Crippen molar-refractivity contribution >= 4 is 11.6 Å². The van der Waals surface area contributed by atoms with Crippen LogP contribution in [0.1, 0.15) is 5.56 Å². The molecule has 0 aromatic heterocycles. The number of benzene rings is 1. The molecule has 0 heterocycles. The molecule has 6 nitrogen and oxygen atoms in total. The fraction of sp³-hybridized carbons (Fsp3) is 0.222. The number of nitro groups is 1. The Kier molecular flexibility index (Phi) is 3.75. The average molecular weight is 209 g/mol. The third-order valence-electron chi connectivity index (χ3n) is 1.80. The molecule has 1 amide bonds. The van der Waals surface area contributed by atoms with Crippen LogP contribution in [0.4, 0.5) is 5.69 Å². The van der Waals surface area contributed by atoms with Crippen molar-refractivity contribution in [2.45, 2.75) is 6.54 Å². The zero-order chi connectivity index (χ0) is 11.3. The smallest absolute Gasteiger partial charge is 0.273 e. The van der Waals surface area contributed by atoms with E-state index in [0.717, 1.165) is 0 Å². The van der Waals surface area contributed by atoms with Gasteiger partial charge >= 0.3 is 0 Å². The number of rotatable bonds is 5. The lowest BCUT2D eigenvalue weighted by molar-refractivity contribution is -0.385. The SMILES string of the molecule is NC(=O)CNCc1ccccc1[N+](=O)[O-]. The summed E-state index contributed by atoms with van der Waals surface area (Å²) in [4.78, 5) is 20.6. The Labute approximate surface area is 86.2 Å². The summed E-state index contributed by atoms with van der Waals surface area (Å²) in [6.07, 6.45) is 0. The van der Waals surface area contributed by atoms with E-state index in [0.29, 0.717) is 5.56 Å². The van der Waals surface area contributed by atoms with Gasteiger partial charge in [-0.05, 0) is 0 Å². The van der Waals surface area contributed by atoms with Gasteiger partial charge in [0, 0.05) is 18.2 Å². The minimum absolute atomic E-state index is 0.00600. The van der Waals surface area contributed by atoms with Gasteiger partial charge in [0.1, 0.15) is 0 Å². The molecule has 0 bridgehead atoms. The van der Waals surface area contributed by atoms with Gasteiger partial charge in [-0.2, -0.15) is 0 Å². The van der Waals surface area contributed by atoms with E-state index in [1.165, 1.54) is 6.07 Å². The number of nitrogens with two attached hydrogens (primary N) is 1. The highest BCUT2D eigenvalue weighted by molar-refractivity contribution is 5.75. The van der Waals surface area contributed by atoms with Crippen molar-refractivity contribution in [3.63, 3.8) is 0 Å². The van der Waals surface area contributed by atoms with Crippen LogP contribution in [0.25, 0.3) is 0 Å². The van der Waals surface area contributed by atoms with E-state index in [1.807, 2.05) is 0 Å². The Hall–Kier alpha value is -1.95. The van der Waals surface area contributed by atoms with Gasteiger partial charge in [0.25, 0.3) is 5.69 Å². The number of carbonyl (C=O) groups is 1. The summed E-state index contributed by atoms with van der Waals surface area (Å²) >= 11 is 0. The highest BCUT2D eigenvalue weighted by Gasteiger charge is 2.11. The van der Waals surface area contributed by atoms with Gasteiger partial charge in [0.2, 0.25) is 5.91 Å². The summed E-state index contributed by atoms with van der Waals surface area (Å²) in [5.74, 6) is -0.492. The normalized spacial score (nSPS) is 9.87. The van der Waals surface area contributed by atoms with Crippen molar-refractivity contribution in [2.75, 3.05) is 6.54 Å². The van der Waals surface area contributed by atoms with Crippen molar-refractivity contribution in [3.8, 4) is 0 Å². The first-order valence-corrected chi connectivity index (χ1v) is 4.32. The van der Waals surface area contributed by atoms with Gasteiger partial charge in [-0.3, -0.25) is 14.9 Å². The van der Waals surface area contributed by atoms with Gasteiger partial charge in [-0.1, -0.05) is 18.2 Å². The van der Waals surface area contributed by atoms with Crippen LogP contribution in [0.15, 0.2) is 24.3 Å². The van der Waals surface area contributed by atoms with Crippen LogP contribution >= 0.6 is 0 Å². The molecule has 0 saturated heterocycles. The average Bonchev–Trinajstić information content (AvgIpc) is 2.17. The van der Waals surface area contributed by atoms with Crippen molar-refractivity contribution in [1.29, 1.82) is 0 Å². The van der Waals surface area contributed by atoms with E-state index in [-0.39, 0.29) is 18.8 Å². The molecule has 0 unspecified atom stereocenters. The predicted octanol–water partition coefficient (Wildman–Crippen LogP) is 0.170. The van der Waals surface area contributed by atoms with Gasteiger partial charge < -0.3 is 11.1 Å². The molecule has 0 aliphatic carbocycles. The van der Waals surface area contributed by atoms with Gasteiger partial charge in [0.15, 0.2) is 0 Å². The van der Waals surface area contributed by atoms with Crippen LogP contribution in [-0.4, -0.2) is 17.4 Å². The number of primary amides is 1. The number of amides is 1. The second-order valence-corrected chi connectivity index (χ2v) is 2.96. The number of para-hydroxylation sites is 1. The predicted molar refractivity (Wildman–Crippen MR) is 54.0 cm³/mol. The standard InChI is InChI=1S/C9H11N3O3/c10-9(13)6-11-5-7-3-1-2-4-8(7)12(14)15/h1-4,11H,5-6H2,(H2,10,13). The molecule has 0 aliphatic heterocycles. The van der Waals surface area contributed by atoms with Crippen molar-refractivity contribution < 1.29 is 9.72 Å². The molecule has 0 aliphatic rings. The Morgan fingerprint density at radius 1 is 1.47 bits per heavy atom. The lowest BCUT2D eigenvalue weighted by atomic mass is 10.2.